The van der Waals surface area contributed by atoms with E-state index in [1.807, 2.05) is 0 Å². The highest BCUT2D eigenvalue weighted by Crippen LogP contribution is 2.36. The Morgan fingerprint density at radius 3 is 2.73 bits per heavy atom. The monoisotopic (exact) mass is 612 g/mol. The lowest BCUT2D eigenvalue weighted by atomic mass is 10.1. The van der Waals surface area contributed by atoms with E-state index < -0.39 is 17.5 Å². The van der Waals surface area contributed by atoms with E-state index in [1.165, 1.54) is 35.5 Å². The lowest BCUT2D eigenvalue weighted by Gasteiger charge is -2.28. The normalized spacial score (nSPS) is 13.7. The number of aromatic hydroxyl groups is 2. The third kappa shape index (κ3) is 6.04. The second-order valence-electron chi connectivity index (χ2n) is 7.81. The number of hydrogen-bond donors (Lipinski definition) is 3. The van der Waals surface area contributed by atoms with Gasteiger partial charge in [0.25, 0.3) is 5.91 Å². The molecule has 0 bridgehead atoms. The summed E-state index contributed by atoms with van der Waals surface area (Å²) in [5, 5.41) is 28.5. The number of ether oxygens (including phenoxy) is 1. The fraction of sp³-hybridized carbons (Fsp3) is 0.217. The summed E-state index contributed by atoms with van der Waals surface area (Å²) in [5.41, 5.74) is 0.220. The number of carbonyl (C=O) groups is 1. The van der Waals surface area contributed by atoms with Gasteiger partial charge in [-0.2, -0.15) is 10.1 Å². The van der Waals surface area contributed by atoms with Crippen molar-refractivity contribution in [3.8, 4) is 11.5 Å². The number of phenolic OH excluding ortho intramolecular Hbond substituents is 2. The van der Waals surface area contributed by atoms with Gasteiger partial charge in [-0.05, 0) is 24.3 Å². The molecule has 0 radical (unpaired) electrons. The summed E-state index contributed by atoms with van der Waals surface area (Å²) in [4.78, 5) is 22.7. The number of nitrogens with one attached hydrogen (secondary N) is 1. The largest absolute Gasteiger partial charge is 0.506 e. The first-order chi connectivity index (χ1) is 17.7. The molecule has 10 nitrogen and oxygen atoms in total. The maximum atomic E-state index is 14.3. The fourth-order valence-electron chi connectivity index (χ4n) is 3.41. The molecule has 0 spiro atoms. The minimum absolute atomic E-state index is 0.0384. The Morgan fingerprint density at radius 2 is 2.00 bits per heavy atom. The molecular weight excluding hydrogens is 594 g/mol. The van der Waals surface area contributed by atoms with Gasteiger partial charge in [0.05, 0.1) is 46.9 Å². The number of amides is 1. The summed E-state index contributed by atoms with van der Waals surface area (Å²) in [6.45, 7) is 1.94. The van der Waals surface area contributed by atoms with E-state index in [4.69, 9.17) is 27.9 Å². The summed E-state index contributed by atoms with van der Waals surface area (Å²) in [5.74, 6) is -1.66. The van der Waals surface area contributed by atoms with Crippen LogP contribution in [0.5, 0.6) is 11.5 Å². The van der Waals surface area contributed by atoms with Crippen molar-refractivity contribution in [2.75, 3.05) is 48.6 Å². The number of phenols is 2. The van der Waals surface area contributed by atoms with Crippen LogP contribution in [0.25, 0.3) is 0 Å². The van der Waals surface area contributed by atoms with Crippen molar-refractivity contribution < 1.29 is 24.1 Å². The van der Waals surface area contributed by atoms with Crippen molar-refractivity contribution in [3.05, 3.63) is 61.9 Å². The smallest absolute Gasteiger partial charge is 0.257 e. The second kappa shape index (κ2) is 11.5. The first kappa shape index (κ1) is 26.9. The Hall–Kier alpha value is -3.19. The minimum Gasteiger partial charge on any atom is -0.506 e. The molecule has 1 aliphatic rings. The maximum absolute atomic E-state index is 14.3. The molecule has 1 aromatic heterocycles. The molecule has 14 heteroatoms. The van der Waals surface area contributed by atoms with Gasteiger partial charge in [-0.15, -0.1) is 0 Å². The Bertz CT molecular complexity index is 1370. The van der Waals surface area contributed by atoms with Crippen molar-refractivity contribution in [2.24, 2.45) is 5.10 Å². The molecule has 1 saturated heterocycles. The third-order valence-corrected chi connectivity index (χ3v) is 6.48. The van der Waals surface area contributed by atoms with Crippen LogP contribution < -0.4 is 15.2 Å². The van der Waals surface area contributed by atoms with Crippen molar-refractivity contribution >= 4 is 68.7 Å². The second-order valence-corrected chi connectivity index (χ2v) is 9.51. The number of rotatable bonds is 6. The summed E-state index contributed by atoms with van der Waals surface area (Å²) in [7, 11) is 1.56. The van der Waals surface area contributed by atoms with Gasteiger partial charge in [-0.1, -0.05) is 39.1 Å². The van der Waals surface area contributed by atoms with E-state index >= 15 is 0 Å². The molecule has 194 valence electrons. The third-order valence-electron chi connectivity index (χ3n) is 5.35. The van der Waals surface area contributed by atoms with Crippen LogP contribution in [-0.2, 0) is 4.74 Å². The molecule has 2 heterocycles. The highest BCUT2D eigenvalue weighted by atomic mass is 79.9. The van der Waals surface area contributed by atoms with Gasteiger partial charge in [0.15, 0.2) is 17.4 Å². The molecule has 1 amide bonds. The Labute approximate surface area is 229 Å². The molecule has 37 heavy (non-hydrogen) atoms. The molecule has 3 N–H and O–H groups in total. The van der Waals surface area contributed by atoms with E-state index in [2.05, 4.69) is 36.3 Å². The van der Waals surface area contributed by atoms with E-state index in [0.29, 0.717) is 30.8 Å². The lowest BCUT2D eigenvalue weighted by Crippen LogP contribution is -2.37. The molecular formula is C23H20BrCl2FN6O4. The van der Waals surface area contributed by atoms with E-state index in [9.17, 15) is 19.4 Å². The molecule has 0 atom stereocenters. The molecule has 0 unspecified atom stereocenters. The van der Waals surface area contributed by atoms with Gasteiger partial charge < -0.3 is 25.2 Å². The quantitative estimate of drug-likeness (QED) is 0.208. The number of morpholine rings is 1. The summed E-state index contributed by atoms with van der Waals surface area (Å²) >= 11 is 15.4. The van der Waals surface area contributed by atoms with Crippen LogP contribution in [0.2, 0.25) is 10.0 Å². The molecule has 4 rings (SSSR count). The summed E-state index contributed by atoms with van der Waals surface area (Å²) in [6.07, 6.45) is 2.36. The van der Waals surface area contributed by atoms with Gasteiger partial charge >= 0.3 is 0 Å². The Balaban J connectivity index is 1.52. The zero-order valence-electron chi connectivity index (χ0n) is 19.3. The van der Waals surface area contributed by atoms with Gasteiger partial charge in [0.2, 0.25) is 5.95 Å². The van der Waals surface area contributed by atoms with Gasteiger partial charge in [-0.25, -0.2) is 14.4 Å². The number of carbonyl (C=O) groups excluding carboxylic acids is 1. The lowest BCUT2D eigenvalue weighted by molar-refractivity contribution is 0.102. The van der Waals surface area contributed by atoms with Crippen molar-refractivity contribution in [2.45, 2.75) is 0 Å². The van der Waals surface area contributed by atoms with Crippen LogP contribution in [0.15, 0.2) is 40.0 Å². The number of anilines is 3. The van der Waals surface area contributed by atoms with Crippen LogP contribution in [-0.4, -0.2) is 65.7 Å². The standard InChI is InChI=1S/C23H20BrCl2FN6O4/c1-32(23-28-11-16(27)21(31-23)33-4-6-37-7-5-33)29-10-12-2-3-14(18(26)19(12)34)22(36)30-17-9-13(24)8-15(25)20(17)35/h2-3,8-11,34-35H,4-7H2,1H3,(H,30,36)/b29-10-. The Kier molecular flexibility index (Phi) is 8.32. The van der Waals surface area contributed by atoms with Crippen molar-refractivity contribution in [3.63, 3.8) is 0 Å². The fourth-order valence-corrected chi connectivity index (χ4v) is 4.48. The zero-order valence-corrected chi connectivity index (χ0v) is 22.3. The number of aromatic nitrogens is 2. The molecule has 0 aliphatic carbocycles. The van der Waals surface area contributed by atoms with Crippen LogP contribution in [0.4, 0.5) is 21.8 Å². The number of hydrogen-bond acceptors (Lipinski definition) is 9. The number of hydrazone groups is 1. The summed E-state index contributed by atoms with van der Waals surface area (Å²) < 4.78 is 20.1. The Morgan fingerprint density at radius 1 is 1.27 bits per heavy atom. The average Bonchev–Trinajstić information content (AvgIpc) is 2.88. The highest BCUT2D eigenvalue weighted by molar-refractivity contribution is 9.10. The number of halogens is 4. The average molecular weight is 614 g/mol. The molecule has 0 saturated carbocycles. The van der Waals surface area contributed by atoms with Gasteiger partial charge in [0.1, 0.15) is 5.75 Å². The van der Waals surface area contributed by atoms with Crippen LogP contribution >= 0.6 is 39.1 Å². The molecule has 2 aromatic carbocycles. The highest BCUT2D eigenvalue weighted by Gasteiger charge is 2.20. The van der Waals surface area contributed by atoms with E-state index in [0.717, 1.165) is 6.20 Å². The van der Waals surface area contributed by atoms with Gasteiger partial charge in [-0.3, -0.25) is 4.79 Å². The van der Waals surface area contributed by atoms with E-state index in [-0.39, 0.29) is 44.4 Å². The van der Waals surface area contributed by atoms with Crippen molar-refractivity contribution in [1.29, 1.82) is 0 Å². The molecule has 1 fully saturated rings. The first-order valence-electron chi connectivity index (χ1n) is 10.8. The number of benzene rings is 2. The first-order valence-corrected chi connectivity index (χ1v) is 12.3. The maximum Gasteiger partial charge on any atom is 0.257 e. The molecule has 1 aliphatic heterocycles. The van der Waals surface area contributed by atoms with Crippen LogP contribution in [0, 0.1) is 5.82 Å². The zero-order chi connectivity index (χ0) is 26.7. The SMILES string of the molecule is CN(/N=C\c1ccc(C(=O)Nc2cc(Br)cc(Cl)c2O)c(Cl)c1O)c1ncc(F)c(N2CCOCC2)n1. The number of nitrogens with zero attached hydrogens (tertiary/aromatic N) is 5. The predicted molar refractivity (Wildman–Crippen MR) is 143 cm³/mol. The van der Waals surface area contributed by atoms with Crippen LogP contribution in [0.1, 0.15) is 15.9 Å². The van der Waals surface area contributed by atoms with Gasteiger partial charge in [0, 0.05) is 30.2 Å². The topological polar surface area (TPSA) is 123 Å². The molecule has 3 aromatic rings. The van der Waals surface area contributed by atoms with Crippen molar-refractivity contribution in [1.82, 2.24) is 9.97 Å². The minimum atomic E-state index is -0.680. The van der Waals surface area contributed by atoms with Crippen LogP contribution in [0.3, 0.4) is 0 Å². The van der Waals surface area contributed by atoms with E-state index in [1.54, 1.807) is 11.9 Å². The predicted octanol–water partition coefficient (Wildman–Crippen LogP) is 4.66. The summed E-state index contributed by atoms with van der Waals surface area (Å²) in [6, 6.07) is 5.76.